The first-order valence-corrected chi connectivity index (χ1v) is 6.69. The number of rotatable bonds is 3. The minimum absolute atomic E-state index is 0.0731. The van der Waals surface area contributed by atoms with Crippen LogP contribution >= 0.6 is 31.9 Å². The van der Waals surface area contributed by atoms with Gasteiger partial charge in [-0.2, -0.15) is 0 Å². The monoisotopic (exact) mass is 355 g/mol. The highest BCUT2D eigenvalue weighted by molar-refractivity contribution is 9.10. The molecule has 2 aromatic heterocycles. The molecule has 1 unspecified atom stereocenters. The number of hydrogen-bond acceptors (Lipinski definition) is 3. The summed E-state index contributed by atoms with van der Waals surface area (Å²) in [5.74, 6) is 0. The van der Waals surface area contributed by atoms with Crippen molar-refractivity contribution in [3.8, 4) is 0 Å². The van der Waals surface area contributed by atoms with E-state index in [2.05, 4.69) is 41.8 Å². The first-order chi connectivity index (χ1) is 8.15. The van der Waals surface area contributed by atoms with Gasteiger partial charge in [-0.1, -0.05) is 0 Å². The molecule has 0 aromatic carbocycles. The van der Waals surface area contributed by atoms with Crippen LogP contribution in [0.25, 0.3) is 0 Å². The molecule has 0 fully saturated rings. The molecule has 2 aromatic rings. The molecule has 0 aliphatic rings. The zero-order chi connectivity index (χ0) is 12.3. The minimum atomic E-state index is -0.0731. The zero-order valence-corrected chi connectivity index (χ0v) is 12.1. The second kappa shape index (κ2) is 5.71. The van der Waals surface area contributed by atoms with E-state index < -0.39 is 0 Å². The van der Waals surface area contributed by atoms with Crippen molar-refractivity contribution in [2.24, 2.45) is 5.73 Å². The molecule has 0 saturated heterocycles. The number of pyridine rings is 2. The van der Waals surface area contributed by atoms with Gasteiger partial charge in [0.05, 0.1) is 0 Å². The predicted molar refractivity (Wildman–Crippen MR) is 74.5 cm³/mol. The molecule has 2 N–H and O–H groups in total. The lowest BCUT2D eigenvalue weighted by molar-refractivity contribution is 0.715. The first-order valence-electron chi connectivity index (χ1n) is 5.10. The Labute approximate surface area is 117 Å². The van der Waals surface area contributed by atoms with Gasteiger partial charge in [0.1, 0.15) is 0 Å². The Morgan fingerprint density at radius 3 is 2.29 bits per heavy atom. The predicted octanol–water partition coefficient (Wildman–Crippen LogP) is 3.24. The van der Waals surface area contributed by atoms with Gasteiger partial charge < -0.3 is 5.73 Å². The van der Waals surface area contributed by atoms with Gasteiger partial charge in [0.15, 0.2) is 0 Å². The molecule has 88 valence electrons. The van der Waals surface area contributed by atoms with E-state index in [-0.39, 0.29) is 6.04 Å². The van der Waals surface area contributed by atoms with E-state index in [1.807, 2.05) is 18.3 Å². The highest BCUT2D eigenvalue weighted by Gasteiger charge is 2.08. The summed E-state index contributed by atoms with van der Waals surface area (Å²) in [6, 6.07) is 3.94. The van der Waals surface area contributed by atoms with Gasteiger partial charge in [-0.15, -0.1) is 0 Å². The SMILES string of the molecule is NC(Cc1cncc(Br)c1)c1cncc(Br)c1. The first kappa shape index (κ1) is 12.7. The number of halogens is 2. The Kier molecular flexibility index (Phi) is 4.25. The van der Waals surface area contributed by atoms with Crippen molar-refractivity contribution in [2.45, 2.75) is 12.5 Å². The summed E-state index contributed by atoms with van der Waals surface area (Å²) < 4.78 is 1.91. The molecule has 0 bridgehead atoms. The van der Waals surface area contributed by atoms with Gasteiger partial charge in [0.2, 0.25) is 0 Å². The normalized spacial score (nSPS) is 12.4. The lowest BCUT2D eigenvalue weighted by Crippen LogP contribution is -2.13. The van der Waals surface area contributed by atoms with Crippen molar-refractivity contribution in [1.29, 1.82) is 0 Å². The Morgan fingerprint density at radius 1 is 1.00 bits per heavy atom. The fourth-order valence-electron chi connectivity index (χ4n) is 1.57. The third kappa shape index (κ3) is 3.59. The van der Waals surface area contributed by atoms with Crippen molar-refractivity contribution >= 4 is 31.9 Å². The summed E-state index contributed by atoms with van der Waals surface area (Å²) in [4.78, 5) is 8.23. The molecule has 0 saturated carbocycles. The van der Waals surface area contributed by atoms with Gasteiger partial charge in [-0.05, 0) is 61.5 Å². The standard InChI is InChI=1S/C12H11Br2N3/c13-10-1-8(4-16-6-10)2-12(15)9-3-11(14)7-17-5-9/h1,3-7,12H,2,15H2. The molecular weight excluding hydrogens is 346 g/mol. The summed E-state index contributed by atoms with van der Waals surface area (Å²) >= 11 is 6.79. The second-order valence-electron chi connectivity index (χ2n) is 3.76. The van der Waals surface area contributed by atoms with Crippen LogP contribution in [0.2, 0.25) is 0 Å². The van der Waals surface area contributed by atoms with Gasteiger partial charge in [-0.25, -0.2) is 0 Å². The summed E-state index contributed by atoms with van der Waals surface area (Å²) in [5.41, 5.74) is 8.26. The van der Waals surface area contributed by atoms with Gasteiger partial charge in [-0.3, -0.25) is 9.97 Å². The largest absolute Gasteiger partial charge is 0.324 e. The third-order valence-corrected chi connectivity index (χ3v) is 3.24. The van der Waals surface area contributed by atoms with Crippen LogP contribution in [0.1, 0.15) is 17.2 Å². The zero-order valence-electron chi connectivity index (χ0n) is 8.98. The molecule has 0 spiro atoms. The maximum Gasteiger partial charge on any atom is 0.0410 e. The van der Waals surface area contributed by atoms with Crippen LogP contribution < -0.4 is 5.73 Å². The van der Waals surface area contributed by atoms with E-state index in [1.54, 1.807) is 18.6 Å². The lowest BCUT2D eigenvalue weighted by Gasteiger charge is -2.11. The van der Waals surface area contributed by atoms with Crippen molar-refractivity contribution in [3.05, 3.63) is 57.0 Å². The average molecular weight is 357 g/mol. The van der Waals surface area contributed by atoms with Crippen LogP contribution in [0.5, 0.6) is 0 Å². The van der Waals surface area contributed by atoms with E-state index in [0.717, 1.165) is 26.5 Å². The molecular formula is C12H11Br2N3. The van der Waals surface area contributed by atoms with Crippen LogP contribution in [0.3, 0.4) is 0 Å². The molecule has 0 aliphatic carbocycles. The molecule has 2 heterocycles. The van der Waals surface area contributed by atoms with Gasteiger partial charge >= 0.3 is 0 Å². The summed E-state index contributed by atoms with van der Waals surface area (Å²) in [5, 5.41) is 0. The third-order valence-electron chi connectivity index (χ3n) is 2.37. The lowest BCUT2D eigenvalue weighted by atomic mass is 10.0. The minimum Gasteiger partial charge on any atom is -0.324 e. The molecule has 5 heteroatoms. The highest BCUT2D eigenvalue weighted by atomic mass is 79.9. The van der Waals surface area contributed by atoms with Crippen LogP contribution in [0.4, 0.5) is 0 Å². The molecule has 0 amide bonds. The number of nitrogens with two attached hydrogens (primary N) is 1. The van der Waals surface area contributed by atoms with Crippen LogP contribution in [-0.4, -0.2) is 9.97 Å². The Balaban J connectivity index is 2.14. The Hall–Kier alpha value is -0.780. The summed E-state index contributed by atoms with van der Waals surface area (Å²) in [6.45, 7) is 0. The average Bonchev–Trinajstić information content (AvgIpc) is 2.29. The number of hydrogen-bond donors (Lipinski definition) is 1. The van der Waals surface area contributed by atoms with Gasteiger partial charge in [0.25, 0.3) is 0 Å². The van der Waals surface area contributed by atoms with E-state index >= 15 is 0 Å². The van der Waals surface area contributed by atoms with Crippen molar-refractivity contribution in [1.82, 2.24) is 9.97 Å². The van der Waals surface area contributed by atoms with E-state index in [0.29, 0.717) is 0 Å². The Bertz CT molecular complexity index is 517. The molecule has 3 nitrogen and oxygen atoms in total. The van der Waals surface area contributed by atoms with Gasteiger partial charge in [0, 0.05) is 39.8 Å². The molecule has 17 heavy (non-hydrogen) atoms. The summed E-state index contributed by atoms with van der Waals surface area (Å²) in [6.07, 6.45) is 7.87. The molecule has 1 atom stereocenters. The highest BCUT2D eigenvalue weighted by Crippen LogP contribution is 2.19. The topological polar surface area (TPSA) is 51.8 Å². The second-order valence-corrected chi connectivity index (χ2v) is 5.59. The fourth-order valence-corrected chi connectivity index (χ4v) is 2.37. The maximum absolute atomic E-state index is 6.14. The van der Waals surface area contributed by atoms with Crippen molar-refractivity contribution < 1.29 is 0 Å². The van der Waals surface area contributed by atoms with E-state index in [9.17, 15) is 0 Å². The number of aromatic nitrogens is 2. The maximum atomic E-state index is 6.14. The van der Waals surface area contributed by atoms with Crippen LogP contribution in [0.15, 0.2) is 45.9 Å². The quantitative estimate of drug-likeness (QED) is 0.918. The summed E-state index contributed by atoms with van der Waals surface area (Å²) in [7, 11) is 0. The van der Waals surface area contributed by atoms with Crippen molar-refractivity contribution in [3.63, 3.8) is 0 Å². The van der Waals surface area contributed by atoms with Crippen molar-refractivity contribution in [2.75, 3.05) is 0 Å². The smallest absolute Gasteiger partial charge is 0.0410 e. The van der Waals surface area contributed by atoms with E-state index in [1.165, 1.54) is 0 Å². The van der Waals surface area contributed by atoms with Crippen LogP contribution in [-0.2, 0) is 6.42 Å². The van der Waals surface area contributed by atoms with Crippen LogP contribution in [0, 0.1) is 0 Å². The molecule has 0 aliphatic heterocycles. The Morgan fingerprint density at radius 2 is 1.65 bits per heavy atom. The molecule has 0 radical (unpaired) electrons. The number of nitrogens with zero attached hydrogens (tertiary/aromatic N) is 2. The molecule has 2 rings (SSSR count). The fraction of sp³-hybridized carbons (Fsp3) is 0.167. The van der Waals surface area contributed by atoms with E-state index in [4.69, 9.17) is 5.73 Å².